The number of fused-ring (bicyclic) bond motifs is 1. The van der Waals surface area contributed by atoms with Crippen molar-refractivity contribution in [3.63, 3.8) is 0 Å². The molecule has 0 unspecified atom stereocenters. The van der Waals surface area contributed by atoms with E-state index >= 15 is 0 Å². The van der Waals surface area contributed by atoms with Crippen LogP contribution in [0, 0.1) is 0 Å². The van der Waals surface area contributed by atoms with Crippen molar-refractivity contribution in [3.05, 3.63) is 53.0 Å². The largest absolute Gasteiger partial charge is 0.436 e. The van der Waals surface area contributed by atoms with Gasteiger partial charge in [0.1, 0.15) is 5.52 Å². The van der Waals surface area contributed by atoms with Gasteiger partial charge in [0, 0.05) is 10.0 Å². The van der Waals surface area contributed by atoms with Gasteiger partial charge in [0.05, 0.1) is 0 Å². The summed E-state index contributed by atoms with van der Waals surface area (Å²) < 4.78 is 6.68. The summed E-state index contributed by atoms with van der Waals surface area (Å²) in [4.78, 5) is 4.45. The highest BCUT2D eigenvalue weighted by Gasteiger charge is 2.07. The summed E-state index contributed by atoms with van der Waals surface area (Å²) in [5.74, 6) is 0.661. The Labute approximate surface area is 101 Å². The smallest absolute Gasteiger partial charge is 0.227 e. The first-order chi connectivity index (χ1) is 7.83. The molecular formula is C13H8BrNO. The second kappa shape index (κ2) is 3.76. The van der Waals surface area contributed by atoms with Crippen molar-refractivity contribution < 1.29 is 4.42 Å². The van der Waals surface area contributed by atoms with Gasteiger partial charge in [-0.25, -0.2) is 4.98 Å². The van der Waals surface area contributed by atoms with Crippen molar-refractivity contribution in [1.82, 2.24) is 4.98 Å². The molecule has 0 amide bonds. The molecule has 0 aliphatic rings. The normalized spacial score (nSPS) is 10.8. The van der Waals surface area contributed by atoms with E-state index in [1.54, 1.807) is 0 Å². The standard InChI is InChI=1S/C13H8BrNO/c14-10-6-7-12-11(8-10)15-13(16-12)9-4-2-1-3-5-9/h1-8H. The zero-order valence-corrected chi connectivity index (χ0v) is 9.94. The highest BCUT2D eigenvalue weighted by molar-refractivity contribution is 9.10. The number of hydrogen-bond acceptors (Lipinski definition) is 2. The van der Waals surface area contributed by atoms with Crippen molar-refractivity contribution in [2.45, 2.75) is 0 Å². The Morgan fingerprint density at radius 3 is 2.62 bits per heavy atom. The number of halogens is 1. The first kappa shape index (κ1) is 9.60. The van der Waals surface area contributed by atoms with E-state index in [0.29, 0.717) is 5.89 Å². The van der Waals surface area contributed by atoms with Gasteiger partial charge in [-0.05, 0) is 30.3 Å². The number of hydrogen-bond donors (Lipinski definition) is 0. The third kappa shape index (κ3) is 1.63. The lowest BCUT2D eigenvalue weighted by Gasteiger charge is -1.91. The lowest BCUT2D eigenvalue weighted by molar-refractivity contribution is 0.620. The predicted octanol–water partition coefficient (Wildman–Crippen LogP) is 4.26. The molecule has 0 spiro atoms. The highest BCUT2D eigenvalue weighted by atomic mass is 79.9. The third-order valence-corrected chi connectivity index (χ3v) is 2.86. The summed E-state index contributed by atoms with van der Waals surface area (Å²) in [5.41, 5.74) is 2.67. The summed E-state index contributed by atoms with van der Waals surface area (Å²) in [6.07, 6.45) is 0. The molecule has 0 bridgehead atoms. The van der Waals surface area contributed by atoms with Crippen molar-refractivity contribution >= 4 is 27.0 Å². The predicted molar refractivity (Wildman–Crippen MR) is 67.1 cm³/mol. The third-order valence-electron chi connectivity index (χ3n) is 2.37. The summed E-state index contributed by atoms with van der Waals surface area (Å²) in [5, 5.41) is 0. The molecule has 0 N–H and O–H groups in total. The fourth-order valence-electron chi connectivity index (χ4n) is 1.60. The molecule has 0 saturated heterocycles. The Kier molecular flexibility index (Phi) is 2.26. The molecule has 3 heteroatoms. The van der Waals surface area contributed by atoms with Crippen LogP contribution in [-0.4, -0.2) is 4.98 Å². The topological polar surface area (TPSA) is 26.0 Å². The molecule has 2 nitrogen and oxygen atoms in total. The summed E-state index contributed by atoms with van der Waals surface area (Å²) in [6, 6.07) is 15.7. The molecule has 0 fully saturated rings. The van der Waals surface area contributed by atoms with Gasteiger partial charge in [0.15, 0.2) is 5.58 Å². The number of rotatable bonds is 1. The van der Waals surface area contributed by atoms with Crippen molar-refractivity contribution in [2.75, 3.05) is 0 Å². The zero-order chi connectivity index (χ0) is 11.0. The molecule has 3 rings (SSSR count). The van der Waals surface area contributed by atoms with Crippen LogP contribution in [-0.2, 0) is 0 Å². The minimum Gasteiger partial charge on any atom is -0.436 e. The number of oxazole rings is 1. The van der Waals surface area contributed by atoms with E-state index < -0.39 is 0 Å². The summed E-state index contributed by atoms with van der Waals surface area (Å²) in [7, 11) is 0. The monoisotopic (exact) mass is 273 g/mol. The van der Waals surface area contributed by atoms with Crippen LogP contribution < -0.4 is 0 Å². The molecular weight excluding hydrogens is 266 g/mol. The summed E-state index contributed by atoms with van der Waals surface area (Å²) in [6.45, 7) is 0. The molecule has 0 saturated carbocycles. The average molecular weight is 274 g/mol. The van der Waals surface area contributed by atoms with E-state index in [9.17, 15) is 0 Å². The zero-order valence-electron chi connectivity index (χ0n) is 8.35. The van der Waals surface area contributed by atoms with Gasteiger partial charge in [-0.1, -0.05) is 34.1 Å². The molecule has 0 radical (unpaired) electrons. The highest BCUT2D eigenvalue weighted by Crippen LogP contribution is 2.25. The van der Waals surface area contributed by atoms with Gasteiger partial charge in [-0.2, -0.15) is 0 Å². The van der Waals surface area contributed by atoms with Crippen LogP contribution in [0.4, 0.5) is 0 Å². The van der Waals surface area contributed by atoms with Crippen molar-refractivity contribution in [3.8, 4) is 11.5 Å². The van der Waals surface area contributed by atoms with Crippen LogP contribution >= 0.6 is 15.9 Å². The van der Waals surface area contributed by atoms with E-state index in [-0.39, 0.29) is 0 Å². The number of benzene rings is 2. The molecule has 16 heavy (non-hydrogen) atoms. The van der Waals surface area contributed by atoms with Crippen LogP contribution in [0.1, 0.15) is 0 Å². The Balaban J connectivity index is 2.19. The lowest BCUT2D eigenvalue weighted by atomic mass is 10.2. The molecule has 1 aromatic heterocycles. The van der Waals surface area contributed by atoms with Crippen LogP contribution in [0.5, 0.6) is 0 Å². The van der Waals surface area contributed by atoms with Crippen LogP contribution in [0.3, 0.4) is 0 Å². The second-order valence-corrected chi connectivity index (χ2v) is 4.41. The SMILES string of the molecule is Brc1ccc2oc(-c3ccccc3)nc2c1. The lowest BCUT2D eigenvalue weighted by Crippen LogP contribution is -1.74. The maximum Gasteiger partial charge on any atom is 0.227 e. The van der Waals surface area contributed by atoms with E-state index in [1.807, 2.05) is 48.5 Å². The molecule has 1 heterocycles. The Morgan fingerprint density at radius 2 is 1.81 bits per heavy atom. The van der Waals surface area contributed by atoms with Gasteiger partial charge >= 0.3 is 0 Å². The van der Waals surface area contributed by atoms with Gasteiger partial charge in [-0.3, -0.25) is 0 Å². The minimum absolute atomic E-state index is 0.661. The molecule has 2 aromatic carbocycles. The molecule has 0 atom stereocenters. The van der Waals surface area contributed by atoms with Gasteiger partial charge in [0.2, 0.25) is 5.89 Å². The van der Waals surface area contributed by atoms with Crippen LogP contribution in [0.15, 0.2) is 57.4 Å². The maximum absolute atomic E-state index is 5.68. The van der Waals surface area contributed by atoms with E-state index in [0.717, 1.165) is 21.1 Å². The van der Waals surface area contributed by atoms with Crippen LogP contribution in [0.25, 0.3) is 22.6 Å². The van der Waals surface area contributed by atoms with E-state index in [4.69, 9.17) is 4.42 Å². The molecule has 78 valence electrons. The second-order valence-electron chi connectivity index (χ2n) is 3.50. The molecule has 3 aromatic rings. The first-order valence-corrected chi connectivity index (χ1v) is 5.74. The van der Waals surface area contributed by atoms with E-state index in [2.05, 4.69) is 20.9 Å². The van der Waals surface area contributed by atoms with Crippen LogP contribution in [0.2, 0.25) is 0 Å². The minimum atomic E-state index is 0.661. The van der Waals surface area contributed by atoms with Crippen molar-refractivity contribution in [1.29, 1.82) is 0 Å². The number of nitrogens with zero attached hydrogens (tertiary/aromatic N) is 1. The quantitative estimate of drug-likeness (QED) is 0.662. The van der Waals surface area contributed by atoms with E-state index in [1.165, 1.54) is 0 Å². The molecule has 0 aliphatic heterocycles. The van der Waals surface area contributed by atoms with Gasteiger partial charge in [0.25, 0.3) is 0 Å². The Hall–Kier alpha value is -1.61. The first-order valence-electron chi connectivity index (χ1n) is 4.94. The fourth-order valence-corrected chi connectivity index (χ4v) is 1.95. The Bertz CT molecular complexity index is 631. The van der Waals surface area contributed by atoms with Crippen molar-refractivity contribution in [2.24, 2.45) is 0 Å². The maximum atomic E-state index is 5.68. The average Bonchev–Trinajstić information content (AvgIpc) is 2.73. The summed E-state index contributed by atoms with van der Waals surface area (Å²) >= 11 is 3.42. The van der Waals surface area contributed by atoms with Gasteiger partial charge < -0.3 is 4.42 Å². The van der Waals surface area contributed by atoms with Gasteiger partial charge in [-0.15, -0.1) is 0 Å². The Morgan fingerprint density at radius 1 is 1.00 bits per heavy atom. The fraction of sp³-hybridized carbons (Fsp3) is 0. The number of aromatic nitrogens is 1. The molecule has 0 aliphatic carbocycles.